The number of Topliss-reactive ketones (excluding diaryl/α,β-unsaturated/α-hetero) is 1. The van der Waals surface area contributed by atoms with E-state index in [-0.39, 0.29) is 25.5 Å². The Morgan fingerprint density at radius 3 is 2.14 bits per heavy atom. The zero-order chi connectivity index (χ0) is 11.1. The fraction of sp³-hybridized carbons (Fsp3) is 0.500. The molecular formula is C8H10O6. The van der Waals surface area contributed by atoms with Crippen LogP contribution in [0.5, 0.6) is 0 Å². The molecule has 1 unspecified atom stereocenters. The molecule has 6 nitrogen and oxygen atoms in total. The van der Waals surface area contributed by atoms with Gasteiger partial charge in [-0.05, 0) is 12.8 Å². The number of carbonyl (C=O) groups is 4. The zero-order valence-electron chi connectivity index (χ0n) is 7.30. The second kappa shape index (κ2) is 5.85. The first-order valence-corrected chi connectivity index (χ1v) is 3.92. The lowest BCUT2D eigenvalue weighted by Gasteiger charge is -2.05. The maximum Gasteiger partial charge on any atom is 0.314 e. The van der Waals surface area contributed by atoms with Crippen LogP contribution in [0.4, 0.5) is 0 Å². The first kappa shape index (κ1) is 12.3. The van der Waals surface area contributed by atoms with E-state index in [2.05, 4.69) is 0 Å². The van der Waals surface area contributed by atoms with Crippen LogP contribution in [0.3, 0.4) is 0 Å². The summed E-state index contributed by atoms with van der Waals surface area (Å²) in [4.78, 5) is 41.3. The highest BCUT2D eigenvalue weighted by Gasteiger charge is 2.25. The second-order valence-electron chi connectivity index (χ2n) is 2.70. The third kappa shape index (κ3) is 4.34. The van der Waals surface area contributed by atoms with Gasteiger partial charge in [0.15, 0.2) is 6.29 Å². The summed E-state index contributed by atoms with van der Waals surface area (Å²) in [5.41, 5.74) is 0. The SMILES string of the molecule is O=CC(=O)C(CCCC(=O)O)C(=O)O. The standard InChI is InChI=1S/C8H10O6/c9-4-6(10)5(8(13)14)2-1-3-7(11)12/h4-5H,1-3H2,(H,11,12)(H,13,14). The van der Waals surface area contributed by atoms with Crippen molar-refractivity contribution >= 4 is 24.0 Å². The second-order valence-corrected chi connectivity index (χ2v) is 2.70. The van der Waals surface area contributed by atoms with Gasteiger partial charge in [-0.25, -0.2) is 0 Å². The molecule has 0 aliphatic heterocycles. The Kier molecular flexibility index (Phi) is 5.13. The molecule has 0 aromatic carbocycles. The molecule has 2 N–H and O–H groups in total. The Morgan fingerprint density at radius 1 is 1.21 bits per heavy atom. The van der Waals surface area contributed by atoms with E-state index in [1.807, 2.05) is 0 Å². The summed E-state index contributed by atoms with van der Waals surface area (Å²) >= 11 is 0. The maximum atomic E-state index is 10.7. The van der Waals surface area contributed by atoms with Gasteiger partial charge in [0, 0.05) is 6.42 Å². The molecule has 0 aromatic rings. The van der Waals surface area contributed by atoms with Gasteiger partial charge in [-0.1, -0.05) is 0 Å². The van der Waals surface area contributed by atoms with Gasteiger partial charge in [0.2, 0.25) is 5.78 Å². The first-order chi connectivity index (χ1) is 6.49. The molecule has 14 heavy (non-hydrogen) atoms. The number of hydrogen-bond acceptors (Lipinski definition) is 4. The summed E-state index contributed by atoms with van der Waals surface area (Å²) in [5.74, 6) is -4.89. The third-order valence-corrected chi connectivity index (χ3v) is 1.64. The number of hydrogen-bond donors (Lipinski definition) is 2. The van der Waals surface area contributed by atoms with Crippen molar-refractivity contribution in [1.29, 1.82) is 0 Å². The van der Waals surface area contributed by atoms with E-state index in [0.29, 0.717) is 0 Å². The van der Waals surface area contributed by atoms with Crippen molar-refractivity contribution in [3.8, 4) is 0 Å². The van der Waals surface area contributed by atoms with Crippen LogP contribution in [-0.2, 0) is 19.2 Å². The van der Waals surface area contributed by atoms with Gasteiger partial charge in [0.1, 0.15) is 5.92 Å². The van der Waals surface area contributed by atoms with E-state index < -0.39 is 23.6 Å². The Labute approximate surface area is 79.5 Å². The summed E-state index contributed by atoms with van der Waals surface area (Å²) in [6, 6.07) is 0. The predicted octanol–water partition coefficient (Wildman–Crippen LogP) is -0.290. The van der Waals surface area contributed by atoms with E-state index in [9.17, 15) is 19.2 Å². The van der Waals surface area contributed by atoms with E-state index in [1.165, 1.54) is 0 Å². The summed E-state index contributed by atoms with van der Waals surface area (Å²) < 4.78 is 0. The molecule has 78 valence electrons. The van der Waals surface area contributed by atoms with Crippen molar-refractivity contribution in [1.82, 2.24) is 0 Å². The fourth-order valence-electron chi connectivity index (χ4n) is 0.927. The molecule has 6 heteroatoms. The lowest BCUT2D eigenvalue weighted by molar-refractivity contribution is -0.149. The lowest BCUT2D eigenvalue weighted by atomic mass is 9.98. The zero-order valence-corrected chi connectivity index (χ0v) is 7.30. The van der Waals surface area contributed by atoms with Crippen LogP contribution in [0.2, 0.25) is 0 Å². The van der Waals surface area contributed by atoms with E-state index in [0.717, 1.165) is 0 Å². The minimum atomic E-state index is -1.41. The highest BCUT2D eigenvalue weighted by molar-refractivity contribution is 6.30. The van der Waals surface area contributed by atoms with Crippen molar-refractivity contribution in [3.63, 3.8) is 0 Å². The van der Waals surface area contributed by atoms with Gasteiger partial charge in [0.05, 0.1) is 0 Å². The number of carboxylic acids is 2. The Hall–Kier alpha value is -1.72. The van der Waals surface area contributed by atoms with Crippen LogP contribution in [0.15, 0.2) is 0 Å². The van der Waals surface area contributed by atoms with Crippen LogP contribution >= 0.6 is 0 Å². The highest BCUT2D eigenvalue weighted by atomic mass is 16.4. The number of aldehydes is 1. The van der Waals surface area contributed by atoms with Crippen LogP contribution in [0.25, 0.3) is 0 Å². The largest absolute Gasteiger partial charge is 0.481 e. The van der Waals surface area contributed by atoms with Gasteiger partial charge in [-0.2, -0.15) is 0 Å². The molecule has 0 bridgehead atoms. The number of carbonyl (C=O) groups excluding carboxylic acids is 2. The van der Waals surface area contributed by atoms with Gasteiger partial charge < -0.3 is 10.2 Å². The van der Waals surface area contributed by atoms with Crippen molar-refractivity contribution in [2.45, 2.75) is 19.3 Å². The number of ketones is 1. The maximum absolute atomic E-state index is 10.7. The molecule has 0 radical (unpaired) electrons. The minimum absolute atomic E-state index is 0.0560. The molecule has 0 amide bonds. The molecule has 0 saturated heterocycles. The Balaban J connectivity index is 4.11. The number of aliphatic carboxylic acids is 2. The van der Waals surface area contributed by atoms with Crippen LogP contribution in [-0.4, -0.2) is 34.2 Å². The van der Waals surface area contributed by atoms with Crippen LogP contribution < -0.4 is 0 Å². The van der Waals surface area contributed by atoms with Crippen molar-refractivity contribution in [2.24, 2.45) is 5.92 Å². The molecule has 0 spiro atoms. The molecule has 0 aromatic heterocycles. The predicted molar refractivity (Wildman–Crippen MR) is 43.7 cm³/mol. The van der Waals surface area contributed by atoms with Gasteiger partial charge in [-0.3, -0.25) is 19.2 Å². The Morgan fingerprint density at radius 2 is 1.79 bits per heavy atom. The molecule has 1 atom stereocenters. The average molecular weight is 202 g/mol. The molecule has 0 heterocycles. The van der Waals surface area contributed by atoms with E-state index in [4.69, 9.17) is 10.2 Å². The molecular weight excluding hydrogens is 192 g/mol. The van der Waals surface area contributed by atoms with Gasteiger partial charge in [-0.15, -0.1) is 0 Å². The fourth-order valence-corrected chi connectivity index (χ4v) is 0.927. The first-order valence-electron chi connectivity index (χ1n) is 3.92. The van der Waals surface area contributed by atoms with E-state index in [1.54, 1.807) is 0 Å². The van der Waals surface area contributed by atoms with Gasteiger partial charge in [0.25, 0.3) is 0 Å². The highest BCUT2D eigenvalue weighted by Crippen LogP contribution is 2.09. The summed E-state index contributed by atoms with van der Waals surface area (Å²) in [6.45, 7) is 0. The topological polar surface area (TPSA) is 109 Å². The number of carboxylic acid groups (broad SMARTS) is 2. The van der Waals surface area contributed by atoms with E-state index >= 15 is 0 Å². The van der Waals surface area contributed by atoms with Crippen LogP contribution in [0, 0.1) is 5.92 Å². The van der Waals surface area contributed by atoms with Crippen molar-refractivity contribution in [2.75, 3.05) is 0 Å². The van der Waals surface area contributed by atoms with Gasteiger partial charge >= 0.3 is 11.9 Å². The molecule has 0 rings (SSSR count). The number of rotatable bonds is 7. The summed E-state index contributed by atoms with van der Waals surface area (Å²) in [6.07, 6.45) is -0.333. The quantitative estimate of drug-likeness (QED) is 0.333. The van der Waals surface area contributed by atoms with Crippen LogP contribution in [0.1, 0.15) is 19.3 Å². The normalized spacial score (nSPS) is 11.7. The molecule has 0 aliphatic carbocycles. The van der Waals surface area contributed by atoms with Crippen molar-refractivity contribution < 1.29 is 29.4 Å². The summed E-state index contributed by atoms with van der Waals surface area (Å²) in [5, 5.41) is 16.8. The lowest BCUT2D eigenvalue weighted by Crippen LogP contribution is -2.24. The molecule has 0 aliphatic rings. The minimum Gasteiger partial charge on any atom is -0.481 e. The summed E-state index contributed by atoms with van der Waals surface area (Å²) in [7, 11) is 0. The smallest absolute Gasteiger partial charge is 0.314 e. The van der Waals surface area contributed by atoms with Crippen molar-refractivity contribution in [3.05, 3.63) is 0 Å². The molecule has 0 saturated carbocycles. The monoisotopic (exact) mass is 202 g/mol. The Bertz CT molecular complexity index is 257. The average Bonchev–Trinajstić information content (AvgIpc) is 2.10. The molecule has 0 fully saturated rings. The third-order valence-electron chi connectivity index (χ3n) is 1.64.